The molecule has 0 fully saturated rings. The Bertz CT molecular complexity index is 774. The van der Waals surface area contributed by atoms with Gasteiger partial charge >= 0.3 is 0 Å². The Labute approximate surface area is 148 Å². The highest BCUT2D eigenvalue weighted by Crippen LogP contribution is 2.20. The molecule has 0 bridgehead atoms. The minimum atomic E-state index is -0.729. The van der Waals surface area contributed by atoms with Crippen LogP contribution in [0.3, 0.4) is 0 Å². The first kappa shape index (κ1) is 18.1. The maximum absolute atomic E-state index is 13.8. The molecule has 7 heteroatoms. The van der Waals surface area contributed by atoms with E-state index >= 15 is 0 Å². The molecule has 0 saturated heterocycles. The van der Waals surface area contributed by atoms with Crippen LogP contribution in [0.2, 0.25) is 0 Å². The molecule has 0 atom stereocenters. The summed E-state index contributed by atoms with van der Waals surface area (Å²) in [4.78, 5) is 29.2. The molecular weight excluding hydrogens is 377 g/mol. The van der Waals surface area contributed by atoms with E-state index in [-0.39, 0.29) is 5.56 Å². The predicted octanol–water partition coefficient (Wildman–Crippen LogP) is 3.57. The monoisotopic (exact) mass is 393 g/mol. The number of rotatable bonds is 2. The van der Waals surface area contributed by atoms with Crippen molar-refractivity contribution in [3.63, 3.8) is 0 Å². The molecular formula is C17H17BrFN3O2. The van der Waals surface area contributed by atoms with Crippen molar-refractivity contribution in [3.05, 3.63) is 64.1 Å². The van der Waals surface area contributed by atoms with Crippen molar-refractivity contribution >= 4 is 27.7 Å². The molecule has 0 aliphatic rings. The van der Waals surface area contributed by atoms with Gasteiger partial charge < -0.3 is 0 Å². The summed E-state index contributed by atoms with van der Waals surface area (Å²) in [5.74, 6) is -1.80. The minimum absolute atomic E-state index is 0.134. The van der Waals surface area contributed by atoms with Crippen LogP contribution in [0.15, 0.2) is 47.2 Å². The summed E-state index contributed by atoms with van der Waals surface area (Å²) in [6, 6.07) is 8.81. The van der Waals surface area contributed by atoms with Crippen LogP contribution in [0.5, 0.6) is 0 Å². The Morgan fingerprint density at radius 3 is 2.33 bits per heavy atom. The molecule has 0 spiro atoms. The van der Waals surface area contributed by atoms with Crippen molar-refractivity contribution in [2.24, 2.45) is 0 Å². The Balaban J connectivity index is 2.34. The molecule has 1 aromatic heterocycles. The van der Waals surface area contributed by atoms with Crippen molar-refractivity contribution in [2.75, 3.05) is 0 Å². The molecule has 0 aliphatic heterocycles. The lowest BCUT2D eigenvalue weighted by molar-refractivity contribution is 0.0356. The van der Waals surface area contributed by atoms with Gasteiger partial charge in [0.2, 0.25) is 0 Å². The lowest BCUT2D eigenvalue weighted by atomic mass is 10.1. The molecule has 1 N–H and O–H groups in total. The molecule has 0 radical (unpaired) electrons. The third kappa shape index (κ3) is 3.97. The van der Waals surface area contributed by atoms with Crippen molar-refractivity contribution in [1.29, 1.82) is 0 Å². The van der Waals surface area contributed by atoms with Crippen molar-refractivity contribution < 1.29 is 14.0 Å². The average molecular weight is 394 g/mol. The quantitative estimate of drug-likeness (QED) is 0.626. The number of nitrogens with one attached hydrogen (secondary N) is 1. The Hall–Kier alpha value is -2.28. The smallest absolute Gasteiger partial charge is 0.267 e. The van der Waals surface area contributed by atoms with Gasteiger partial charge in [-0.25, -0.2) is 14.4 Å². The lowest BCUT2D eigenvalue weighted by Gasteiger charge is -2.35. The van der Waals surface area contributed by atoms with Gasteiger partial charge in [-0.05, 0) is 61.0 Å². The molecule has 0 aliphatic carbocycles. The van der Waals surface area contributed by atoms with Gasteiger partial charge in [-0.15, -0.1) is 0 Å². The third-order valence-electron chi connectivity index (χ3n) is 3.20. The normalized spacial score (nSPS) is 11.0. The van der Waals surface area contributed by atoms with Gasteiger partial charge in [0.1, 0.15) is 10.4 Å². The number of hydrazine groups is 1. The van der Waals surface area contributed by atoms with E-state index in [0.717, 1.165) is 0 Å². The van der Waals surface area contributed by atoms with Gasteiger partial charge in [-0.1, -0.05) is 12.1 Å². The summed E-state index contributed by atoms with van der Waals surface area (Å²) in [5.41, 5.74) is 1.93. The van der Waals surface area contributed by atoms with E-state index in [9.17, 15) is 14.0 Å². The number of amides is 2. The number of carbonyl (C=O) groups is 2. The largest absolute Gasteiger partial charge is 0.275 e. The summed E-state index contributed by atoms with van der Waals surface area (Å²) in [6.45, 7) is 5.28. The zero-order valence-electron chi connectivity index (χ0n) is 13.5. The molecule has 2 rings (SSSR count). The molecule has 2 aromatic rings. The van der Waals surface area contributed by atoms with E-state index in [1.54, 1.807) is 45.2 Å². The number of nitrogens with zero attached hydrogens (tertiary/aromatic N) is 2. The van der Waals surface area contributed by atoms with Crippen LogP contribution in [-0.4, -0.2) is 27.3 Å². The van der Waals surface area contributed by atoms with Crippen LogP contribution in [0.1, 0.15) is 41.5 Å². The molecule has 0 unspecified atom stereocenters. The van der Waals surface area contributed by atoms with Crippen molar-refractivity contribution in [2.45, 2.75) is 26.3 Å². The van der Waals surface area contributed by atoms with Crippen molar-refractivity contribution in [1.82, 2.24) is 15.4 Å². The van der Waals surface area contributed by atoms with E-state index in [4.69, 9.17) is 0 Å². The predicted molar refractivity (Wildman–Crippen MR) is 91.7 cm³/mol. The second-order valence-electron chi connectivity index (χ2n) is 6.07. The second kappa shape index (κ2) is 7.09. The van der Waals surface area contributed by atoms with E-state index in [1.165, 1.54) is 23.2 Å². The fourth-order valence-corrected chi connectivity index (χ4v) is 2.42. The summed E-state index contributed by atoms with van der Waals surface area (Å²) < 4.78 is 14.2. The highest BCUT2D eigenvalue weighted by Gasteiger charge is 2.31. The van der Waals surface area contributed by atoms with Crippen LogP contribution in [0, 0.1) is 5.82 Å². The molecule has 1 aromatic carbocycles. The zero-order valence-corrected chi connectivity index (χ0v) is 15.1. The third-order valence-corrected chi connectivity index (χ3v) is 3.83. The number of hydrogen-bond acceptors (Lipinski definition) is 3. The van der Waals surface area contributed by atoms with E-state index in [1.807, 2.05) is 0 Å². The molecule has 1 heterocycles. The topological polar surface area (TPSA) is 62.3 Å². The summed E-state index contributed by atoms with van der Waals surface area (Å²) in [7, 11) is 0. The fraction of sp³-hybridized carbons (Fsp3) is 0.235. The van der Waals surface area contributed by atoms with Gasteiger partial charge in [0.05, 0.1) is 16.7 Å². The van der Waals surface area contributed by atoms with Crippen LogP contribution in [-0.2, 0) is 0 Å². The minimum Gasteiger partial charge on any atom is -0.267 e. The maximum Gasteiger partial charge on any atom is 0.275 e. The summed E-state index contributed by atoms with van der Waals surface area (Å²) >= 11 is 3.22. The number of carbonyl (C=O) groups excluding carboxylic acids is 2. The number of halogens is 2. The molecule has 126 valence electrons. The van der Waals surface area contributed by atoms with Gasteiger partial charge in [0.25, 0.3) is 11.8 Å². The second-order valence-corrected chi connectivity index (χ2v) is 6.83. The van der Waals surface area contributed by atoms with Gasteiger partial charge in [-0.3, -0.25) is 15.0 Å². The van der Waals surface area contributed by atoms with Crippen LogP contribution in [0.4, 0.5) is 4.39 Å². The lowest BCUT2D eigenvalue weighted by Crippen LogP contribution is -2.56. The average Bonchev–Trinajstić information content (AvgIpc) is 2.51. The number of hydrogen-bond donors (Lipinski definition) is 1. The first-order chi connectivity index (χ1) is 11.2. The zero-order chi connectivity index (χ0) is 17.9. The van der Waals surface area contributed by atoms with Gasteiger partial charge in [-0.2, -0.15) is 0 Å². The first-order valence-corrected chi connectivity index (χ1v) is 8.01. The van der Waals surface area contributed by atoms with Crippen LogP contribution >= 0.6 is 15.9 Å². The first-order valence-electron chi connectivity index (χ1n) is 7.22. The number of benzene rings is 1. The summed E-state index contributed by atoms with van der Waals surface area (Å²) in [5, 5.41) is 1.17. The van der Waals surface area contributed by atoms with E-state index in [2.05, 4.69) is 26.3 Å². The number of pyridine rings is 1. The van der Waals surface area contributed by atoms with Crippen LogP contribution in [0.25, 0.3) is 0 Å². The SMILES string of the molecule is CC(C)(C)N(NC(=O)c1ccccc1F)C(=O)c1cccnc1Br. The highest BCUT2D eigenvalue weighted by molar-refractivity contribution is 9.10. The molecule has 24 heavy (non-hydrogen) atoms. The molecule has 0 saturated carbocycles. The number of aromatic nitrogens is 1. The van der Waals surface area contributed by atoms with Gasteiger partial charge in [0, 0.05) is 6.20 Å². The highest BCUT2D eigenvalue weighted by atomic mass is 79.9. The van der Waals surface area contributed by atoms with E-state index < -0.39 is 23.2 Å². The van der Waals surface area contributed by atoms with Crippen molar-refractivity contribution in [3.8, 4) is 0 Å². The molecule has 5 nitrogen and oxygen atoms in total. The fourth-order valence-electron chi connectivity index (χ4n) is 2.00. The Morgan fingerprint density at radius 2 is 1.75 bits per heavy atom. The summed E-state index contributed by atoms with van der Waals surface area (Å²) in [6.07, 6.45) is 1.54. The standard InChI is InChI=1S/C17H17BrFN3O2/c1-17(2,3)22(16(24)12-8-6-10-20-14(12)18)21-15(23)11-7-4-5-9-13(11)19/h4-10H,1-3H3,(H,21,23). The van der Waals surface area contributed by atoms with Crippen LogP contribution < -0.4 is 5.43 Å². The molecule has 2 amide bonds. The Morgan fingerprint density at radius 1 is 1.12 bits per heavy atom. The Kier molecular flexibility index (Phi) is 5.33. The maximum atomic E-state index is 13.8. The van der Waals surface area contributed by atoms with E-state index in [0.29, 0.717) is 10.2 Å². The van der Waals surface area contributed by atoms with Gasteiger partial charge in [0.15, 0.2) is 0 Å².